The number of alkyl halides is 4. The fourth-order valence-electron chi connectivity index (χ4n) is 6.61. The van der Waals surface area contributed by atoms with E-state index in [1.54, 1.807) is 0 Å². The van der Waals surface area contributed by atoms with Gasteiger partial charge in [-0.25, -0.2) is 18.2 Å². The fraction of sp³-hybridized carbons (Fsp3) is 0.464. The highest BCUT2D eigenvalue weighted by Crippen LogP contribution is 2.46. The van der Waals surface area contributed by atoms with E-state index in [2.05, 4.69) is 20.3 Å². The molecule has 2 aliphatic heterocycles. The molecule has 2 atom stereocenters. The Bertz CT molecular complexity index is 1750. The predicted octanol–water partition coefficient (Wildman–Crippen LogP) is 5.68. The number of anilines is 2. The molecule has 3 fully saturated rings. The molecule has 15 heteroatoms. The van der Waals surface area contributed by atoms with E-state index in [1.807, 2.05) is 4.90 Å². The minimum absolute atomic E-state index is 0.0201. The van der Waals surface area contributed by atoms with Crippen LogP contribution >= 0.6 is 11.3 Å². The minimum Gasteiger partial charge on any atom is -0.461 e. The number of nitrogen functional groups attached to an aromatic ring is 1. The Balaban J connectivity index is 1.39. The van der Waals surface area contributed by atoms with Crippen LogP contribution in [0.4, 0.5) is 37.3 Å². The smallest absolute Gasteiger partial charge is 0.417 e. The van der Waals surface area contributed by atoms with Crippen molar-refractivity contribution in [1.82, 2.24) is 19.9 Å². The maximum atomic E-state index is 16.5. The summed E-state index contributed by atoms with van der Waals surface area (Å²) in [7, 11) is 0. The molecule has 4 aromatic rings. The number of rotatable bonds is 6. The SMILES string of the molecule is Nc1nc2c(-c3c(C(F)(F)F)cc4c(N[C@H]5C[C@H](O)C5)nc(OC[C@@]56CCCN5C[C@H](F)C6)nc4c3F)ccc(F)c2s1. The molecule has 0 unspecified atom stereocenters. The van der Waals surface area contributed by atoms with Gasteiger partial charge in [0.1, 0.15) is 29.9 Å². The van der Waals surface area contributed by atoms with Gasteiger partial charge in [0.05, 0.1) is 27.4 Å². The highest BCUT2D eigenvalue weighted by molar-refractivity contribution is 7.22. The molecule has 0 amide bonds. The number of thiazole rings is 1. The van der Waals surface area contributed by atoms with Crippen molar-refractivity contribution >= 4 is 43.4 Å². The third kappa shape index (κ3) is 4.81. The zero-order chi connectivity index (χ0) is 30.3. The van der Waals surface area contributed by atoms with E-state index < -0.39 is 52.3 Å². The van der Waals surface area contributed by atoms with Crippen LogP contribution in [-0.4, -0.2) is 68.5 Å². The lowest BCUT2D eigenvalue weighted by molar-refractivity contribution is -0.137. The van der Waals surface area contributed by atoms with Crippen molar-refractivity contribution in [2.75, 3.05) is 30.7 Å². The lowest BCUT2D eigenvalue weighted by atomic mass is 9.89. The number of aliphatic hydroxyl groups excluding tert-OH is 1. The van der Waals surface area contributed by atoms with Gasteiger partial charge in [-0.05, 0) is 50.4 Å². The number of nitrogens with two attached hydrogens (primary N) is 1. The maximum absolute atomic E-state index is 16.5. The topological polar surface area (TPSA) is 109 Å². The summed E-state index contributed by atoms with van der Waals surface area (Å²) >= 11 is 0.738. The van der Waals surface area contributed by atoms with Gasteiger partial charge in [-0.1, -0.05) is 11.3 Å². The van der Waals surface area contributed by atoms with Gasteiger partial charge in [0.2, 0.25) is 0 Å². The molecule has 2 aromatic heterocycles. The van der Waals surface area contributed by atoms with E-state index in [9.17, 15) is 27.1 Å². The number of hydrogen-bond donors (Lipinski definition) is 3. The van der Waals surface area contributed by atoms with Crippen molar-refractivity contribution in [2.45, 2.75) is 62.1 Å². The number of hydrogen-bond acceptors (Lipinski definition) is 9. The number of benzene rings is 2. The Morgan fingerprint density at radius 1 is 1.16 bits per heavy atom. The molecule has 8 nitrogen and oxygen atoms in total. The van der Waals surface area contributed by atoms with E-state index >= 15 is 4.39 Å². The highest BCUT2D eigenvalue weighted by atomic mass is 32.1. The summed E-state index contributed by atoms with van der Waals surface area (Å²) in [6.45, 7) is 1.02. The molecule has 228 valence electrons. The molecule has 1 saturated carbocycles. The van der Waals surface area contributed by atoms with Crippen LogP contribution in [0.2, 0.25) is 0 Å². The molecule has 4 N–H and O–H groups in total. The van der Waals surface area contributed by atoms with Crippen LogP contribution in [-0.2, 0) is 6.18 Å². The summed E-state index contributed by atoms with van der Waals surface area (Å²) in [5.41, 5.74) is 2.02. The van der Waals surface area contributed by atoms with Crippen LogP contribution in [0.5, 0.6) is 6.01 Å². The van der Waals surface area contributed by atoms with Gasteiger partial charge in [-0.15, -0.1) is 0 Å². The largest absolute Gasteiger partial charge is 0.461 e. The van der Waals surface area contributed by atoms with E-state index in [0.29, 0.717) is 25.8 Å². The van der Waals surface area contributed by atoms with E-state index in [1.165, 1.54) is 0 Å². The van der Waals surface area contributed by atoms with Gasteiger partial charge >= 0.3 is 12.2 Å². The molecule has 0 spiro atoms. The molecule has 0 radical (unpaired) electrons. The molecule has 2 aromatic carbocycles. The standard InChI is InChI=1S/C28H26F6N6O2S/c29-12-9-27(4-1-5-40(27)10-12)11-42-26-38-21-16(24(39-26)36-13-6-14(41)7-13)8-17(28(32,33)34)19(20(21)31)15-2-3-18(30)23-22(15)37-25(35)43-23/h2-3,8,12-14,41H,1,4-7,9-11H2,(H2,35,37)(H,36,38,39)/t12-,13-,14-,27+/m1/s1. The molecule has 2 saturated heterocycles. The first-order valence-electron chi connectivity index (χ1n) is 13.8. The summed E-state index contributed by atoms with van der Waals surface area (Å²) in [4.78, 5) is 14.5. The summed E-state index contributed by atoms with van der Waals surface area (Å²) < 4.78 is 94.8. The zero-order valence-electron chi connectivity index (χ0n) is 22.5. The quantitative estimate of drug-likeness (QED) is 0.236. The normalized spacial score (nSPS) is 25.8. The molecule has 4 heterocycles. The first-order chi connectivity index (χ1) is 20.4. The number of nitrogens with zero attached hydrogens (tertiary/aromatic N) is 4. The molecule has 3 aliphatic rings. The highest BCUT2D eigenvalue weighted by Gasteiger charge is 2.49. The number of nitrogens with one attached hydrogen (secondary N) is 1. The maximum Gasteiger partial charge on any atom is 0.417 e. The molecule has 7 rings (SSSR count). The second-order valence-corrected chi connectivity index (χ2v) is 12.5. The summed E-state index contributed by atoms with van der Waals surface area (Å²) in [5.74, 6) is -2.16. The average molecular weight is 625 g/mol. The third-order valence-electron chi connectivity index (χ3n) is 8.68. The number of fused-ring (bicyclic) bond motifs is 3. The van der Waals surface area contributed by atoms with Gasteiger partial charge in [-0.3, -0.25) is 4.90 Å². The van der Waals surface area contributed by atoms with Crippen LogP contribution in [0.1, 0.15) is 37.7 Å². The van der Waals surface area contributed by atoms with E-state index in [0.717, 1.165) is 36.0 Å². The minimum atomic E-state index is -5.03. The number of aromatic nitrogens is 3. The van der Waals surface area contributed by atoms with Crippen LogP contribution < -0.4 is 15.8 Å². The third-order valence-corrected chi connectivity index (χ3v) is 9.58. The summed E-state index contributed by atoms with van der Waals surface area (Å²) in [5, 5.41) is 12.4. The van der Waals surface area contributed by atoms with Crippen LogP contribution in [0.3, 0.4) is 0 Å². The average Bonchev–Trinajstić information content (AvgIpc) is 3.58. The van der Waals surface area contributed by atoms with Gasteiger partial charge in [-0.2, -0.15) is 23.1 Å². The second kappa shape index (κ2) is 10.1. The van der Waals surface area contributed by atoms with Gasteiger partial charge in [0.15, 0.2) is 10.9 Å². The first kappa shape index (κ1) is 28.3. The van der Waals surface area contributed by atoms with E-state index in [4.69, 9.17) is 10.5 Å². The van der Waals surface area contributed by atoms with Crippen molar-refractivity contribution in [3.05, 3.63) is 35.4 Å². The van der Waals surface area contributed by atoms with Crippen LogP contribution in [0, 0.1) is 11.6 Å². The molecule has 1 aliphatic carbocycles. The summed E-state index contributed by atoms with van der Waals surface area (Å²) in [6.07, 6.45) is -4.17. The first-order valence-corrected chi connectivity index (χ1v) is 14.7. The van der Waals surface area contributed by atoms with Crippen molar-refractivity contribution in [2.24, 2.45) is 0 Å². The monoisotopic (exact) mass is 624 g/mol. The Labute approximate surface area is 244 Å². The van der Waals surface area contributed by atoms with Crippen molar-refractivity contribution in [3.63, 3.8) is 0 Å². The lowest BCUT2D eigenvalue weighted by Gasteiger charge is -2.33. The fourth-order valence-corrected chi connectivity index (χ4v) is 7.37. The van der Waals surface area contributed by atoms with Crippen molar-refractivity contribution < 1.29 is 36.2 Å². The lowest BCUT2D eigenvalue weighted by Crippen LogP contribution is -2.43. The molecule has 0 bridgehead atoms. The van der Waals surface area contributed by atoms with Crippen LogP contribution in [0.25, 0.3) is 32.2 Å². The number of ether oxygens (including phenoxy) is 1. The van der Waals surface area contributed by atoms with Gasteiger partial charge < -0.3 is 20.9 Å². The van der Waals surface area contributed by atoms with Crippen molar-refractivity contribution in [1.29, 1.82) is 0 Å². The molecule has 43 heavy (non-hydrogen) atoms. The Kier molecular flexibility index (Phi) is 6.63. The molecular weight excluding hydrogens is 598 g/mol. The summed E-state index contributed by atoms with van der Waals surface area (Å²) in [6, 6.07) is 2.12. The Morgan fingerprint density at radius 3 is 2.70 bits per heavy atom. The zero-order valence-corrected chi connectivity index (χ0v) is 23.3. The van der Waals surface area contributed by atoms with Gasteiger partial charge in [0, 0.05) is 35.5 Å². The Morgan fingerprint density at radius 2 is 1.95 bits per heavy atom. The second-order valence-electron chi connectivity index (χ2n) is 11.5. The number of halogens is 6. The molecular formula is C28H26F6N6O2S. The number of aliphatic hydroxyl groups is 1. The van der Waals surface area contributed by atoms with Crippen LogP contribution in [0.15, 0.2) is 18.2 Å². The van der Waals surface area contributed by atoms with Crippen molar-refractivity contribution in [3.8, 4) is 17.1 Å². The Hall–Kier alpha value is -3.43. The van der Waals surface area contributed by atoms with Gasteiger partial charge in [0.25, 0.3) is 0 Å². The van der Waals surface area contributed by atoms with E-state index in [-0.39, 0.29) is 63.7 Å². The predicted molar refractivity (Wildman–Crippen MR) is 149 cm³/mol.